The highest BCUT2D eigenvalue weighted by atomic mass is 16.6. The van der Waals surface area contributed by atoms with Crippen LogP contribution in [0.5, 0.6) is 0 Å². The van der Waals surface area contributed by atoms with E-state index in [0.717, 1.165) is 38.5 Å². The molecule has 0 aliphatic heterocycles. The highest BCUT2D eigenvalue weighted by molar-refractivity contribution is 5.81. The summed E-state index contributed by atoms with van der Waals surface area (Å²) in [6.45, 7) is 9.32. The average molecular weight is 428 g/mol. The van der Waals surface area contributed by atoms with Crippen LogP contribution in [0.2, 0.25) is 0 Å². The summed E-state index contributed by atoms with van der Waals surface area (Å²) < 4.78 is 10.9. The Morgan fingerprint density at radius 3 is 1.63 bits per heavy atom. The first-order valence-corrected chi connectivity index (χ1v) is 12.5. The van der Waals surface area contributed by atoms with E-state index in [-0.39, 0.29) is 11.9 Å². The largest absolute Gasteiger partial charge is 0.464 e. The van der Waals surface area contributed by atoms with Crippen molar-refractivity contribution in [1.82, 2.24) is 4.90 Å². The van der Waals surface area contributed by atoms with Gasteiger partial charge in [0.25, 0.3) is 0 Å². The summed E-state index contributed by atoms with van der Waals surface area (Å²) >= 11 is 0. The van der Waals surface area contributed by atoms with Gasteiger partial charge in [-0.15, -0.1) is 0 Å². The van der Waals surface area contributed by atoms with Crippen LogP contribution in [0.3, 0.4) is 0 Å². The van der Waals surface area contributed by atoms with Gasteiger partial charge in [-0.05, 0) is 25.2 Å². The zero-order valence-corrected chi connectivity index (χ0v) is 20.5. The molecule has 0 aromatic rings. The number of carbonyl (C=O) groups is 2. The molecule has 0 saturated carbocycles. The van der Waals surface area contributed by atoms with Crippen molar-refractivity contribution in [2.45, 2.75) is 124 Å². The minimum Gasteiger partial charge on any atom is -0.464 e. The third-order valence-electron chi connectivity index (χ3n) is 5.44. The maximum Gasteiger partial charge on any atom is 0.410 e. The second kappa shape index (κ2) is 19.7. The van der Waals surface area contributed by atoms with Crippen molar-refractivity contribution in [3.05, 3.63) is 0 Å². The van der Waals surface area contributed by atoms with Crippen LogP contribution in [0.1, 0.15) is 118 Å². The molecule has 0 rings (SSSR count). The van der Waals surface area contributed by atoms with E-state index in [4.69, 9.17) is 9.47 Å². The number of amides is 1. The SMILES string of the molecule is CCCCCCCCCCCOC(=O)[C@H](CC(C)C)N(C)C(=O)OCCCCCC. The van der Waals surface area contributed by atoms with Gasteiger partial charge in [-0.2, -0.15) is 0 Å². The molecule has 0 spiro atoms. The van der Waals surface area contributed by atoms with Crippen molar-refractivity contribution >= 4 is 12.1 Å². The standard InChI is InChI=1S/C25H49NO4/c1-6-8-10-12-13-14-15-16-18-19-29-24(27)23(21-22(3)4)26(5)25(28)30-20-17-11-9-7-2/h22-23H,6-21H2,1-5H3/t23-/m0/s1. The molecule has 0 aliphatic carbocycles. The van der Waals surface area contributed by atoms with Crippen molar-refractivity contribution in [3.8, 4) is 0 Å². The molecule has 178 valence electrons. The van der Waals surface area contributed by atoms with Crippen molar-refractivity contribution in [3.63, 3.8) is 0 Å². The molecule has 1 amide bonds. The number of nitrogens with zero attached hydrogens (tertiary/aromatic N) is 1. The third kappa shape index (κ3) is 15.6. The number of ether oxygens (including phenoxy) is 2. The fourth-order valence-corrected chi connectivity index (χ4v) is 3.46. The first-order chi connectivity index (χ1) is 14.4. The zero-order valence-electron chi connectivity index (χ0n) is 20.5. The van der Waals surface area contributed by atoms with Crippen molar-refractivity contribution < 1.29 is 19.1 Å². The van der Waals surface area contributed by atoms with Crippen LogP contribution in [0.25, 0.3) is 0 Å². The molecule has 0 aromatic carbocycles. The van der Waals surface area contributed by atoms with Crippen LogP contribution in [-0.4, -0.2) is 43.3 Å². The molecule has 0 aromatic heterocycles. The van der Waals surface area contributed by atoms with Crippen molar-refractivity contribution in [1.29, 1.82) is 0 Å². The fraction of sp³-hybridized carbons (Fsp3) is 0.920. The maximum atomic E-state index is 12.6. The van der Waals surface area contributed by atoms with E-state index in [2.05, 4.69) is 13.8 Å². The number of likely N-dealkylation sites (N-methyl/N-ethyl adjacent to an activating group) is 1. The van der Waals surface area contributed by atoms with Gasteiger partial charge in [-0.25, -0.2) is 9.59 Å². The van der Waals surface area contributed by atoms with Crippen molar-refractivity contribution in [2.24, 2.45) is 5.92 Å². The lowest BCUT2D eigenvalue weighted by molar-refractivity contribution is -0.149. The Labute approximate surface area is 186 Å². The van der Waals surface area contributed by atoms with Crippen LogP contribution in [-0.2, 0) is 14.3 Å². The number of hydrogen-bond acceptors (Lipinski definition) is 4. The summed E-state index contributed by atoms with van der Waals surface area (Å²) in [6.07, 6.45) is 15.4. The minimum atomic E-state index is -0.577. The minimum absolute atomic E-state index is 0.287. The Bertz CT molecular complexity index is 425. The second-order valence-corrected chi connectivity index (χ2v) is 8.93. The lowest BCUT2D eigenvalue weighted by Crippen LogP contribution is -2.44. The monoisotopic (exact) mass is 427 g/mol. The molecule has 0 heterocycles. The van der Waals surface area contributed by atoms with Crippen LogP contribution in [0.15, 0.2) is 0 Å². The predicted molar refractivity (Wildman–Crippen MR) is 125 cm³/mol. The van der Waals surface area contributed by atoms with Crippen LogP contribution in [0.4, 0.5) is 4.79 Å². The molecule has 0 saturated heterocycles. The molecule has 0 unspecified atom stereocenters. The zero-order chi connectivity index (χ0) is 22.6. The molecule has 30 heavy (non-hydrogen) atoms. The quantitative estimate of drug-likeness (QED) is 0.163. The van der Waals surface area contributed by atoms with E-state index in [1.165, 1.54) is 49.8 Å². The third-order valence-corrected chi connectivity index (χ3v) is 5.44. The smallest absolute Gasteiger partial charge is 0.410 e. The molecular formula is C25H49NO4. The number of carbonyl (C=O) groups excluding carboxylic acids is 2. The van der Waals surface area contributed by atoms with E-state index >= 15 is 0 Å². The van der Waals surface area contributed by atoms with Gasteiger partial charge in [-0.1, -0.05) is 98.3 Å². The van der Waals surface area contributed by atoms with E-state index in [0.29, 0.717) is 19.6 Å². The summed E-state index contributed by atoms with van der Waals surface area (Å²) in [5.74, 6) is -0.0243. The molecule has 0 aliphatic rings. The first kappa shape index (κ1) is 28.7. The number of unbranched alkanes of at least 4 members (excludes halogenated alkanes) is 11. The number of esters is 1. The summed E-state index contributed by atoms with van der Waals surface area (Å²) in [5, 5.41) is 0. The summed E-state index contributed by atoms with van der Waals surface area (Å²) in [4.78, 5) is 26.4. The molecule has 5 nitrogen and oxygen atoms in total. The lowest BCUT2D eigenvalue weighted by Gasteiger charge is -2.27. The van der Waals surface area contributed by atoms with Gasteiger partial charge in [0.1, 0.15) is 6.04 Å². The average Bonchev–Trinajstić information content (AvgIpc) is 2.72. The van der Waals surface area contributed by atoms with E-state index in [1.807, 2.05) is 13.8 Å². The Hall–Kier alpha value is -1.26. The first-order valence-electron chi connectivity index (χ1n) is 12.5. The van der Waals surface area contributed by atoms with Gasteiger partial charge in [0.2, 0.25) is 0 Å². The lowest BCUT2D eigenvalue weighted by atomic mass is 10.0. The van der Waals surface area contributed by atoms with Gasteiger partial charge in [0, 0.05) is 7.05 Å². The molecule has 1 atom stereocenters. The summed E-state index contributed by atoms with van der Waals surface area (Å²) in [6, 6.07) is -0.577. The maximum absolute atomic E-state index is 12.6. The second-order valence-electron chi connectivity index (χ2n) is 8.93. The Kier molecular flexibility index (Phi) is 18.9. The molecule has 0 fully saturated rings. The summed E-state index contributed by atoms with van der Waals surface area (Å²) in [7, 11) is 1.64. The number of rotatable bonds is 19. The fourth-order valence-electron chi connectivity index (χ4n) is 3.46. The highest BCUT2D eigenvalue weighted by Crippen LogP contribution is 2.15. The molecule has 5 heteroatoms. The van der Waals surface area contributed by atoms with E-state index < -0.39 is 12.1 Å². The Balaban J connectivity index is 4.16. The van der Waals surface area contributed by atoms with Gasteiger partial charge in [0.15, 0.2) is 0 Å². The van der Waals surface area contributed by atoms with Gasteiger partial charge in [0.05, 0.1) is 13.2 Å². The molecule has 0 bridgehead atoms. The normalized spacial score (nSPS) is 12.1. The van der Waals surface area contributed by atoms with E-state index in [9.17, 15) is 9.59 Å². The summed E-state index contributed by atoms with van der Waals surface area (Å²) in [5.41, 5.74) is 0. The van der Waals surface area contributed by atoms with E-state index in [1.54, 1.807) is 7.05 Å². The van der Waals surface area contributed by atoms with Gasteiger partial charge in [-0.3, -0.25) is 4.90 Å². The van der Waals surface area contributed by atoms with Gasteiger partial charge >= 0.3 is 12.1 Å². The molecule has 0 radical (unpaired) electrons. The molecular weight excluding hydrogens is 378 g/mol. The van der Waals surface area contributed by atoms with Gasteiger partial charge < -0.3 is 9.47 Å². The Morgan fingerprint density at radius 2 is 1.13 bits per heavy atom. The molecule has 0 N–H and O–H groups in total. The highest BCUT2D eigenvalue weighted by Gasteiger charge is 2.29. The van der Waals surface area contributed by atoms with Crippen LogP contribution in [0, 0.1) is 5.92 Å². The van der Waals surface area contributed by atoms with Crippen LogP contribution >= 0.6 is 0 Å². The predicted octanol–water partition coefficient (Wildman–Crippen LogP) is 7.12. The van der Waals surface area contributed by atoms with Crippen LogP contribution < -0.4 is 0 Å². The Morgan fingerprint density at radius 1 is 0.700 bits per heavy atom. The van der Waals surface area contributed by atoms with Crippen molar-refractivity contribution in [2.75, 3.05) is 20.3 Å². The topological polar surface area (TPSA) is 55.8 Å². The number of hydrogen-bond donors (Lipinski definition) is 0.